The van der Waals surface area contributed by atoms with Gasteiger partial charge in [-0.2, -0.15) is 0 Å². The number of aromatic carboxylic acids is 2. The highest BCUT2D eigenvalue weighted by Gasteiger charge is 2.04. The Morgan fingerprint density at radius 2 is 1.12 bits per heavy atom. The van der Waals surface area contributed by atoms with E-state index in [4.69, 9.17) is 10.2 Å². The molecule has 0 aliphatic carbocycles. The molecule has 1 rings (SSSR count). The van der Waals surface area contributed by atoms with E-state index in [0.29, 0.717) is 0 Å². The summed E-state index contributed by atoms with van der Waals surface area (Å²) in [5.41, 5.74) is 0.167. The first kappa shape index (κ1) is 23.9. The van der Waals surface area contributed by atoms with Gasteiger partial charge in [0.05, 0.1) is 11.1 Å². The lowest BCUT2D eigenvalue weighted by Crippen LogP contribution is -1.99. The molecule has 0 fully saturated rings. The van der Waals surface area contributed by atoms with E-state index in [1.54, 1.807) is 0 Å². The SMILES string of the molecule is C=CCCCC.C=CCCCC.O=C(O)c1ccc(C(=O)O)cc1. The highest BCUT2D eigenvalue weighted by atomic mass is 16.4. The van der Waals surface area contributed by atoms with Gasteiger partial charge in [-0.15, -0.1) is 13.2 Å². The topological polar surface area (TPSA) is 74.6 Å². The Bertz CT molecular complexity index is 430. The maximum atomic E-state index is 10.3. The smallest absolute Gasteiger partial charge is 0.335 e. The zero-order valence-corrected chi connectivity index (χ0v) is 14.8. The first-order chi connectivity index (χ1) is 11.4. The Morgan fingerprint density at radius 1 is 0.833 bits per heavy atom. The Hall–Kier alpha value is -2.36. The van der Waals surface area contributed by atoms with E-state index in [-0.39, 0.29) is 11.1 Å². The van der Waals surface area contributed by atoms with Crippen LogP contribution in [0, 0.1) is 0 Å². The molecule has 2 N–H and O–H groups in total. The summed E-state index contributed by atoms with van der Waals surface area (Å²) in [5.74, 6) is -2.13. The second kappa shape index (κ2) is 17.0. The van der Waals surface area contributed by atoms with E-state index < -0.39 is 11.9 Å². The van der Waals surface area contributed by atoms with Crippen LogP contribution in [0.25, 0.3) is 0 Å². The molecule has 24 heavy (non-hydrogen) atoms. The third-order valence-electron chi connectivity index (χ3n) is 2.90. The lowest BCUT2D eigenvalue weighted by Gasteiger charge is -1.94. The molecule has 0 unspecified atom stereocenters. The largest absolute Gasteiger partial charge is 0.478 e. The van der Waals surface area contributed by atoms with Gasteiger partial charge in [-0.1, -0.05) is 51.7 Å². The molecule has 4 heteroatoms. The van der Waals surface area contributed by atoms with Crippen LogP contribution in [0.15, 0.2) is 49.6 Å². The molecule has 0 aliphatic heterocycles. The monoisotopic (exact) mass is 334 g/mol. The van der Waals surface area contributed by atoms with Crippen molar-refractivity contribution in [3.05, 3.63) is 60.7 Å². The van der Waals surface area contributed by atoms with Crippen molar-refractivity contribution in [1.29, 1.82) is 0 Å². The molecule has 0 aromatic heterocycles. The molecule has 4 nitrogen and oxygen atoms in total. The minimum Gasteiger partial charge on any atom is -0.478 e. The molecule has 134 valence electrons. The Labute approximate surface area is 145 Å². The first-order valence-electron chi connectivity index (χ1n) is 8.22. The Balaban J connectivity index is 0. The predicted molar refractivity (Wildman–Crippen MR) is 99.8 cm³/mol. The number of benzene rings is 1. The molecular formula is C20H30O4. The van der Waals surface area contributed by atoms with Crippen LogP contribution in [0.3, 0.4) is 0 Å². The number of rotatable bonds is 8. The van der Waals surface area contributed by atoms with Crippen molar-refractivity contribution >= 4 is 11.9 Å². The molecular weight excluding hydrogens is 304 g/mol. The van der Waals surface area contributed by atoms with Gasteiger partial charge in [0.1, 0.15) is 0 Å². The van der Waals surface area contributed by atoms with Crippen molar-refractivity contribution in [1.82, 2.24) is 0 Å². The minimum atomic E-state index is -1.06. The standard InChI is InChI=1S/C8H6O4.2C6H12/c9-7(10)5-1-2-6(4-3-5)8(11)12;2*1-3-5-6-4-2/h1-4H,(H,9,10)(H,11,12);2*3H,1,4-6H2,2H3. The van der Waals surface area contributed by atoms with Crippen molar-refractivity contribution in [3.63, 3.8) is 0 Å². The van der Waals surface area contributed by atoms with Gasteiger partial charge in [-0.25, -0.2) is 9.59 Å². The number of hydrogen-bond donors (Lipinski definition) is 2. The first-order valence-corrected chi connectivity index (χ1v) is 8.22. The molecule has 1 aromatic carbocycles. The number of allylic oxidation sites excluding steroid dienone is 2. The quantitative estimate of drug-likeness (QED) is 0.465. The molecule has 0 saturated heterocycles. The van der Waals surface area contributed by atoms with Crippen LogP contribution >= 0.6 is 0 Å². The van der Waals surface area contributed by atoms with Crippen LogP contribution in [0.1, 0.15) is 73.1 Å². The van der Waals surface area contributed by atoms with Gasteiger partial charge in [-0.3, -0.25) is 0 Å². The van der Waals surface area contributed by atoms with Gasteiger partial charge in [0.25, 0.3) is 0 Å². The Kier molecular flexibility index (Phi) is 16.9. The highest BCUT2D eigenvalue weighted by Crippen LogP contribution is 2.03. The van der Waals surface area contributed by atoms with Gasteiger partial charge < -0.3 is 10.2 Å². The zero-order valence-electron chi connectivity index (χ0n) is 14.8. The second-order valence-electron chi connectivity index (χ2n) is 5.05. The summed E-state index contributed by atoms with van der Waals surface area (Å²) in [5, 5.41) is 16.9. The van der Waals surface area contributed by atoms with E-state index in [2.05, 4.69) is 27.0 Å². The van der Waals surface area contributed by atoms with E-state index in [1.807, 2.05) is 12.2 Å². The molecule has 0 atom stereocenters. The van der Waals surface area contributed by atoms with Crippen molar-refractivity contribution in [2.24, 2.45) is 0 Å². The summed E-state index contributed by atoms with van der Waals surface area (Å²) >= 11 is 0. The lowest BCUT2D eigenvalue weighted by molar-refractivity contribution is 0.0681. The summed E-state index contributed by atoms with van der Waals surface area (Å²) in [4.78, 5) is 20.7. The summed E-state index contributed by atoms with van der Waals surface area (Å²) < 4.78 is 0. The van der Waals surface area contributed by atoms with Crippen LogP contribution in [0.4, 0.5) is 0 Å². The van der Waals surface area contributed by atoms with Crippen LogP contribution in [0.2, 0.25) is 0 Å². The fourth-order valence-electron chi connectivity index (χ4n) is 1.45. The van der Waals surface area contributed by atoms with Crippen molar-refractivity contribution in [2.45, 2.75) is 52.4 Å². The Morgan fingerprint density at radius 3 is 1.25 bits per heavy atom. The maximum Gasteiger partial charge on any atom is 0.335 e. The second-order valence-corrected chi connectivity index (χ2v) is 5.05. The van der Waals surface area contributed by atoms with E-state index in [9.17, 15) is 9.59 Å². The highest BCUT2D eigenvalue weighted by molar-refractivity contribution is 5.91. The van der Waals surface area contributed by atoms with Gasteiger partial charge >= 0.3 is 11.9 Å². The van der Waals surface area contributed by atoms with E-state index in [1.165, 1.54) is 62.8 Å². The number of carboxylic acids is 2. The molecule has 0 bridgehead atoms. The predicted octanol–water partition coefficient (Wildman–Crippen LogP) is 5.81. The molecule has 0 amide bonds. The van der Waals surface area contributed by atoms with Crippen molar-refractivity contribution in [3.8, 4) is 0 Å². The number of carboxylic acid groups (broad SMARTS) is 2. The molecule has 0 spiro atoms. The van der Waals surface area contributed by atoms with Crippen molar-refractivity contribution in [2.75, 3.05) is 0 Å². The minimum absolute atomic E-state index is 0.0833. The molecule has 0 heterocycles. The third-order valence-corrected chi connectivity index (χ3v) is 2.90. The van der Waals surface area contributed by atoms with Crippen LogP contribution < -0.4 is 0 Å². The molecule has 1 aromatic rings. The van der Waals surface area contributed by atoms with Gasteiger partial charge in [0.15, 0.2) is 0 Å². The van der Waals surface area contributed by atoms with Gasteiger partial charge in [0, 0.05) is 0 Å². The number of unbranched alkanes of at least 4 members (excludes halogenated alkanes) is 4. The summed E-state index contributed by atoms with van der Waals surface area (Å²) in [7, 11) is 0. The summed E-state index contributed by atoms with van der Waals surface area (Å²) in [6.07, 6.45) is 11.4. The van der Waals surface area contributed by atoms with Gasteiger partial charge in [0.2, 0.25) is 0 Å². The fourth-order valence-corrected chi connectivity index (χ4v) is 1.45. The number of carbonyl (C=O) groups is 2. The van der Waals surface area contributed by atoms with Crippen LogP contribution in [-0.2, 0) is 0 Å². The average molecular weight is 334 g/mol. The zero-order chi connectivity index (χ0) is 18.8. The maximum absolute atomic E-state index is 10.3. The lowest BCUT2D eigenvalue weighted by atomic mass is 10.1. The van der Waals surface area contributed by atoms with Crippen molar-refractivity contribution < 1.29 is 19.8 Å². The van der Waals surface area contributed by atoms with E-state index in [0.717, 1.165) is 0 Å². The molecule has 0 aliphatic rings. The van der Waals surface area contributed by atoms with Crippen LogP contribution in [-0.4, -0.2) is 22.2 Å². The van der Waals surface area contributed by atoms with E-state index >= 15 is 0 Å². The fraction of sp³-hybridized carbons (Fsp3) is 0.400. The van der Waals surface area contributed by atoms with Gasteiger partial charge in [-0.05, 0) is 37.1 Å². The summed E-state index contributed by atoms with van der Waals surface area (Å²) in [6.45, 7) is 11.6. The van der Waals surface area contributed by atoms with Crippen LogP contribution in [0.5, 0.6) is 0 Å². The summed E-state index contributed by atoms with van der Waals surface area (Å²) in [6, 6.07) is 5.02. The average Bonchev–Trinajstić information content (AvgIpc) is 2.59. The molecule has 0 saturated carbocycles. The molecule has 0 radical (unpaired) electrons. The normalized spacial score (nSPS) is 8.75. The third kappa shape index (κ3) is 14.6. The number of hydrogen-bond acceptors (Lipinski definition) is 2.